The molecule has 0 atom stereocenters. The Bertz CT molecular complexity index is 1000. The maximum Gasteiger partial charge on any atom is 0.255 e. The predicted octanol–water partition coefficient (Wildman–Crippen LogP) is 1.72. The van der Waals surface area contributed by atoms with Gasteiger partial charge in [-0.3, -0.25) is 9.59 Å². The van der Waals surface area contributed by atoms with Crippen LogP contribution in [0.5, 0.6) is 5.75 Å². The van der Waals surface area contributed by atoms with Crippen molar-refractivity contribution in [3.05, 3.63) is 53.6 Å². The molecule has 2 amide bonds. The maximum absolute atomic E-state index is 12.4. The van der Waals surface area contributed by atoms with Crippen LogP contribution in [0.2, 0.25) is 0 Å². The van der Waals surface area contributed by atoms with Crippen molar-refractivity contribution in [2.75, 3.05) is 19.0 Å². The number of amides is 2. The van der Waals surface area contributed by atoms with Gasteiger partial charge in [-0.15, -0.1) is 0 Å². The highest BCUT2D eigenvalue weighted by molar-refractivity contribution is 7.89. The molecule has 3 N–H and O–H groups in total. The lowest BCUT2D eigenvalue weighted by Gasteiger charge is -2.15. The molecule has 8 nitrogen and oxygen atoms in total. The Labute approximate surface area is 163 Å². The second-order valence-electron chi connectivity index (χ2n) is 6.48. The summed E-state index contributed by atoms with van der Waals surface area (Å²) in [6, 6.07) is 11.1. The quantitative estimate of drug-likeness (QED) is 0.761. The van der Waals surface area contributed by atoms with Gasteiger partial charge in [-0.05, 0) is 42.3 Å². The summed E-state index contributed by atoms with van der Waals surface area (Å²) in [6.07, 6.45) is 1.46. The number of benzene rings is 2. The highest BCUT2D eigenvalue weighted by Gasteiger charge is 2.20. The molecule has 9 heteroatoms. The SMILES string of the molecule is COc1ccc(NC(=O)c2ccc(CN3CCCC3=O)cc2)cc1S(N)(=O)=O. The van der Waals surface area contributed by atoms with Crippen LogP contribution < -0.4 is 15.2 Å². The van der Waals surface area contributed by atoms with Crippen molar-refractivity contribution >= 4 is 27.5 Å². The molecule has 0 bridgehead atoms. The zero-order valence-corrected chi connectivity index (χ0v) is 16.2. The monoisotopic (exact) mass is 403 g/mol. The van der Waals surface area contributed by atoms with E-state index in [1.54, 1.807) is 29.2 Å². The Hall–Kier alpha value is -2.91. The molecular weight excluding hydrogens is 382 g/mol. The molecule has 0 spiro atoms. The summed E-state index contributed by atoms with van der Waals surface area (Å²) in [6.45, 7) is 1.28. The van der Waals surface area contributed by atoms with Crippen LogP contribution in [0.15, 0.2) is 47.4 Å². The molecule has 0 radical (unpaired) electrons. The summed E-state index contributed by atoms with van der Waals surface area (Å²) in [5.74, 6) is -0.150. The topological polar surface area (TPSA) is 119 Å². The largest absolute Gasteiger partial charge is 0.495 e. The summed E-state index contributed by atoms with van der Waals surface area (Å²) in [4.78, 5) is 25.7. The van der Waals surface area contributed by atoms with Gasteiger partial charge in [-0.2, -0.15) is 0 Å². The van der Waals surface area contributed by atoms with E-state index < -0.39 is 15.9 Å². The average molecular weight is 403 g/mol. The first-order valence-electron chi connectivity index (χ1n) is 8.67. The van der Waals surface area contributed by atoms with Gasteiger partial charge in [0.15, 0.2) is 0 Å². The van der Waals surface area contributed by atoms with E-state index in [0.29, 0.717) is 18.5 Å². The van der Waals surface area contributed by atoms with E-state index in [2.05, 4.69) is 5.32 Å². The van der Waals surface area contributed by atoms with Gasteiger partial charge in [-0.25, -0.2) is 13.6 Å². The van der Waals surface area contributed by atoms with Crippen LogP contribution in [-0.4, -0.2) is 38.8 Å². The van der Waals surface area contributed by atoms with Gasteiger partial charge in [0, 0.05) is 30.8 Å². The lowest BCUT2D eigenvalue weighted by atomic mass is 10.1. The molecule has 0 aromatic heterocycles. The third-order valence-electron chi connectivity index (χ3n) is 4.49. The number of ether oxygens (including phenoxy) is 1. The Morgan fingerprint density at radius 1 is 1.21 bits per heavy atom. The number of rotatable bonds is 6. The van der Waals surface area contributed by atoms with E-state index in [-0.39, 0.29) is 22.2 Å². The van der Waals surface area contributed by atoms with Crippen molar-refractivity contribution < 1.29 is 22.7 Å². The van der Waals surface area contributed by atoms with Gasteiger partial charge in [0.1, 0.15) is 10.6 Å². The Kier molecular flexibility index (Phi) is 5.66. The highest BCUT2D eigenvalue weighted by Crippen LogP contribution is 2.26. The molecule has 1 aliphatic rings. The predicted molar refractivity (Wildman–Crippen MR) is 103 cm³/mol. The van der Waals surface area contributed by atoms with E-state index >= 15 is 0 Å². The average Bonchev–Trinajstić information content (AvgIpc) is 3.06. The molecule has 0 aliphatic carbocycles. The van der Waals surface area contributed by atoms with Crippen molar-refractivity contribution in [1.82, 2.24) is 4.90 Å². The number of nitrogens with two attached hydrogens (primary N) is 1. The molecule has 0 unspecified atom stereocenters. The van der Waals surface area contributed by atoms with Crippen LogP contribution in [0.4, 0.5) is 5.69 Å². The molecule has 148 valence electrons. The van der Waals surface area contributed by atoms with Crippen LogP contribution in [0.1, 0.15) is 28.8 Å². The molecule has 1 fully saturated rings. The standard InChI is InChI=1S/C19H21N3O5S/c1-27-16-9-8-15(11-17(16)28(20,25)26)21-19(24)14-6-4-13(5-7-14)12-22-10-2-3-18(22)23/h4-9,11H,2-3,10,12H2,1H3,(H,21,24)(H2,20,25,26). The third kappa shape index (κ3) is 4.49. The minimum absolute atomic E-state index is 0.0984. The van der Waals surface area contributed by atoms with Crippen LogP contribution in [0.25, 0.3) is 0 Å². The zero-order valence-electron chi connectivity index (χ0n) is 15.3. The first-order chi connectivity index (χ1) is 13.3. The Balaban J connectivity index is 1.72. The van der Waals surface area contributed by atoms with Crippen molar-refractivity contribution in [3.8, 4) is 5.75 Å². The summed E-state index contributed by atoms with van der Waals surface area (Å²) in [5, 5.41) is 7.83. The Morgan fingerprint density at radius 3 is 2.50 bits per heavy atom. The van der Waals surface area contributed by atoms with Crippen molar-refractivity contribution in [2.45, 2.75) is 24.3 Å². The lowest BCUT2D eigenvalue weighted by molar-refractivity contribution is -0.128. The number of sulfonamides is 1. The number of nitrogens with zero attached hydrogens (tertiary/aromatic N) is 1. The van der Waals surface area contributed by atoms with Crippen molar-refractivity contribution in [1.29, 1.82) is 0 Å². The highest BCUT2D eigenvalue weighted by atomic mass is 32.2. The summed E-state index contributed by atoms with van der Waals surface area (Å²) < 4.78 is 28.4. The normalized spacial score (nSPS) is 14.2. The van der Waals surface area contributed by atoms with Crippen LogP contribution >= 0.6 is 0 Å². The molecule has 1 saturated heterocycles. The van der Waals surface area contributed by atoms with E-state index in [4.69, 9.17) is 9.88 Å². The first-order valence-corrected chi connectivity index (χ1v) is 10.2. The van der Waals surface area contributed by atoms with E-state index in [0.717, 1.165) is 18.5 Å². The van der Waals surface area contributed by atoms with Crippen LogP contribution in [0, 0.1) is 0 Å². The number of carbonyl (C=O) groups excluding carboxylic acids is 2. The smallest absolute Gasteiger partial charge is 0.255 e. The molecule has 28 heavy (non-hydrogen) atoms. The minimum Gasteiger partial charge on any atom is -0.495 e. The van der Waals surface area contributed by atoms with E-state index in [9.17, 15) is 18.0 Å². The fourth-order valence-electron chi connectivity index (χ4n) is 3.03. The second kappa shape index (κ2) is 7.99. The number of hydrogen-bond acceptors (Lipinski definition) is 5. The van der Waals surface area contributed by atoms with Gasteiger partial charge < -0.3 is 15.0 Å². The summed E-state index contributed by atoms with van der Waals surface area (Å²) in [5.41, 5.74) is 1.62. The van der Waals surface area contributed by atoms with Crippen molar-refractivity contribution in [2.24, 2.45) is 5.14 Å². The van der Waals surface area contributed by atoms with E-state index in [1.165, 1.54) is 25.3 Å². The van der Waals surface area contributed by atoms with Crippen LogP contribution in [-0.2, 0) is 21.4 Å². The van der Waals surface area contributed by atoms with Crippen LogP contribution in [0.3, 0.4) is 0 Å². The number of carbonyl (C=O) groups is 2. The molecule has 0 saturated carbocycles. The first kappa shape index (κ1) is 19.8. The second-order valence-corrected chi connectivity index (χ2v) is 8.01. The zero-order chi connectivity index (χ0) is 20.3. The fraction of sp³-hybridized carbons (Fsp3) is 0.263. The molecule has 2 aromatic carbocycles. The van der Waals surface area contributed by atoms with Gasteiger partial charge >= 0.3 is 0 Å². The maximum atomic E-state index is 12.4. The van der Waals surface area contributed by atoms with Crippen molar-refractivity contribution in [3.63, 3.8) is 0 Å². The lowest BCUT2D eigenvalue weighted by Crippen LogP contribution is -2.23. The fourth-order valence-corrected chi connectivity index (χ4v) is 3.76. The number of likely N-dealkylation sites (tertiary alicyclic amines) is 1. The molecule has 3 rings (SSSR count). The number of nitrogens with one attached hydrogen (secondary N) is 1. The molecule has 1 heterocycles. The summed E-state index contributed by atoms with van der Waals surface area (Å²) >= 11 is 0. The molecule has 1 aliphatic heterocycles. The van der Waals surface area contributed by atoms with Gasteiger partial charge in [0.25, 0.3) is 5.91 Å². The Morgan fingerprint density at radius 2 is 1.93 bits per heavy atom. The van der Waals surface area contributed by atoms with Gasteiger partial charge in [0.05, 0.1) is 7.11 Å². The van der Waals surface area contributed by atoms with E-state index in [1.807, 2.05) is 0 Å². The van der Waals surface area contributed by atoms with Gasteiger partial charge in [0.2, 0.25) is 15.9 Å². The summed E-state index contributed by atoms with van der Waals surface area (Å²) in [7, 11) is -2.67. The minimum atomic E-state index is -4.00. The van der Waals surface area contributed by atoms with Gasteiger partial charge in [-0.1, -0.05) is 12.1 Å². The number of methoxy groups -OCH3 is 1. The molecule has 2 aromatic rings. The molecular formula is C19H21N3O5S. The number of anilines is 1. The number of hydrogen-bond donors (Lipinski definition) is 2. The number of primary sulfonamides is 1. The third-order valence-corrected chi connectivity index (χ3v) is 5.42.